The van der Waals surface area contributed by atoms with Crippen molar-refractivity contribution in [2.75, 3.05) is 51.0 Å². The minimum absolute atomic E-state index is 0. The van der Waals surface area contributed by atoms with E-state index in [0.29, 0.717) is 18.9 Å². The van der Waals surface area contributed by atoms with Crippen molar-refractivity contribution in [1.29, 1.82) is 0 Å². The smallest absolute Gasteiger partial charge is 0.227 e. The first-order valence-electron chi connectivity index (χ1n) is 10.8. The van der Waals surface area contributed by atoms with Gasteiger partial charge in [0.05, 0.1) is 19.8 Å². The van der Waals surface area contributed by atoms with Gasteiger partial charge in [-0.1, -0.05) is 12.1 Å². The van der Waals surface area contributed by atoms with Crippen LogP contribution in [-0.4, -0.2) is 57.9 Å². The molecule has 1 aromatic carbocycles. The van der Waals surface area contributed by atoms with Gasteiger partial charge >= 0.3 is 0 Å². The van der Waals surface area contributed by atoms with E-state index in [1.807, 2.05) is 17.0 Å². The molecule has 1 unspecified atom stereocenters. The van der Waals surface area contributed by atoms with Gasteiger partial charge in [0.1, 0.15) is 0 Å². The Bertz CT molecular complexity index is 663. The minimum Gasteiger partial charge on any atom is -0.381 e. The first-order valence-corrected chi connectivity index (χ1v) is 10.8. The third kappa shape index (κ3) is 8.03. The molecule has 0 aromatic heterocycles. The highest BCUT2D eigenvalue weighted by atomic mass is 127. The molecule has 2 aliphatic heterocycles. The number of benzene rings is 1. The molecule has 0 bridgehead atoms. The Kier molecular flexibility index (Phi) is 11.5. The van der Waals surface area contributed by atoms with E-state index in [0.717, 1.165) is 82.5 Å². The van der Waals surface area contributed by atoms with Crippen molar-refractivity contribution >= 4 is 41.5 Å². The van der Waals surface area contributed by atoms with Gasteiger partial charge in [0, 0.05) is 50.9 Å². The van der Waals surface area contributed by atoms with Crippen molar-refractivity contribution in [2.24, 2.45) is 10.9 Å². The molecule has 2 fully saturated rings. The second-order valence-electron chi connectivity index (χ2n) is 7.60. The van der Waals surface area contributed by atoms with Gasteiger partial charge in [0.25, 0.3) is 0 Å². The number of hydrogen-bond donors (Lipinski definition) is 2. The molecule has 1 atom stereocenters. The van der Waals surface area contributed by atoms with Crippen molar-refractivity contribution in [2.45, 2.75) is 39.2 Å². The maximum Gasteiger partial charge on any atom is 0.227 e. The molecule has 7 nitrogen and oxygen atoms in total. The standard InChI is InChI=1S/C22H34N4O3.HI/c1-2-23-22(24-11-4-13-28-16-19-10-14-29-17-19)25-15-18-6-8-20(9-7-18)26-12-3-5-21(26)27;/h6-9,19H,2-5,10-17H2,1H3,(H2,23,24,25);1H. The average Bonchev–Trinajstić information content (AvgIpc) is 3.41. The summed E-state index contributed by atoms with van der Waals surface area (Å²) >= 11 is 0. The van der Waals surface area contributed by atoms with Crippen LogP contribution >= 0.6 is 24.0 Å². The van der Waals surface area contributed by atoms with Crippen molar-refractivity contribution in [3.05, 3.63) is 29.8 Å². The highest BCUT2D eigenvalue weighted by Gasteiger charge is 2.21. The lowest BCUT2D eigenvalue weighted by Crippen LogP contribution is -2.38. The minimum atomic E-state index is 0. The monoisotopic (exact) mass is 530 g/mol. The number of ether oxygens (including phenoxy) is 2. The predicted octanol–water partition coefficient (Wildman–Crippen LogP) is 2.93. The number of carbonyl (C=O) groups is 1. The zero-order valence-corrected chi connectivity index (χ0v) is 20.2. The third-order valence-corrected chi connectivity index (χ3v) is 5.22. The molecular formula is C22H35IN4O3. The highest BCUT2D eigenvalue weighted by Crippen LogP contribution is 2.21. The summed E-state index contributed by atoms with van der Waals surface area (Å²) in [5.41, 5.74) is 2.11. The molecule has 0 aliphatic carbocycles. The molecule has 2 N–H and O–H groups in total. The first kappa shape index (κ1) is 24.9. The number of hydrogen-bond acceptors (Lipinski definition) is 4. The van der Waals surface area contributed by atoms with Crippen molar-refractivity contribution in [3.8, 4) is 0 Å². The Hall–Kier alpha value is -1.39. The Balaban J connectivity index is 0.00000320. The van der Waals surface area contributed by atoms with Gasteiger partial charge in [-0.15, -0.1) is 24.0 Å². The molecule has 30 heavy (non-hydrogen) atoms. The van der Waals surface area contributed by atoms with E-state index < -0.39 is 0 Å². The molecule has 1 aromatic rings. The van der Waals surface area contributed by atoms with Crippen LogP contribution in [0, 0.1) is 5.92 Å². The molecule has 0 radical (unpaired) electrons. The molecule has 0 spiro atoms. The Morgan fingerprint density at radius 2 is 2.13 bits per heavy atom. The zero-order valence-electron chi connectivity index (χ0n) is 17.9. The summed E-state index contributed by atoms with van der Waals surface area (Å²) in [6, 6.07) is 8.13. The third-order valence-electron chi connectivity index (χ3n) is 5.22. The maximum atomic E-state index is 11.9. The van der Waals surface area contributed by atoms with Crippen LogP contribution in [0.4, 0.5) is 5.69 Å². The summed E-state index contributed by atoms with van der Waals surface area (Å²) in [4.78, 5) is 18.4. The van der Waals surface area contributed by atoms with Crippen molar-refractivity contribution in [1.82, 2.24) is 10.6 Å². The van der Waals surface area contributed by atoms with E-state index in [2.05, 4.69) is 34.7 Å². The van der Waals surface area contributed by atoms with Gasteiger partial charge < -0.3 is 25.0 Å². The number of rotatable bonds is 10. The van der Waals surface area contributed by atoms with E-state index in [-0.39, 0.29) is 29.9 Å². The van der Waals surface area contributed by atoms with Gasteiger partial charge in [-0.2, -0.15) is 0 Å². The lowest BCUT2D eigenvalue weighted by molar-refractivity contribution is -0.117. The number of aliphatic imine (C=N–C) groups is 1. The SMILES string of the molecule is CCNC(=NCc1ccc(N2CCCC2=O)cc1)NCCCOCC1CCOC1.I. The molecular weight excluding hydrogens is 495 g/mol. The van der Waals surface area contributed by atoms with Gasteiger partial charge in [-0.25, -0.2) is 4.99 Å². The largest absolute Gasteiger partial charge is 0.381 e. The van der Waals surface area contributed by atoms with Crippen LogP contribution in [0.1, 0.15) is 38.2 Å². The fourth-order valence-electron chi connectivity index (χ4n) is 3.56. The van der Waals surface area contributed by atoms with E-state index in [1.54, 1.807) is 0 Å². The Morgan fingerprint density at radius 1 is 1.30 bits per heavy atom. The van der Waals surface area contributed by atoms with Crippen molar-refractivity contribution in [3.63, 3.8) is 0 Å². The second kappa shape index (κ2) is 13.8. The summed E-state index contributed by atoms with van der Waals surface area (Å²) in [5, 5.41) is 6.64. The average molecular weight is 530 g/mol. The number of amides is 1. The van der Waals surface area contributed by atoms with E-state index in [4.69, 9.17) is 9.47 Å². The molecule has 3 rings (SSSR count). The van der Waals surface area contributed by atoms with Crippen LogP contribution in [0.15, 0.2) is 29.3 Å². The number of nitrogens with one attached hydrogen (secondary N) is 2. The number of carbonyl (C=O) groups excluding carboxylic acids is 1. The summed E-state index contributed by atoms with van der Waals surface area (Å²) in [6.07, 6.45) is 3.66. The van der Waals surface area contributed by atoms with Crippen molar-refractivity contribution < 1.29 is 14.3 Å². The lowest BCUT2D eigenvalue weighted by atomic mass is 10.1. The van der Waals surface area contributed by atoms with Crippen LogP contribution in [0.25, 0.3) is 0 Å². The lowest BCUT2D eigenvalue weighted by Gasteiger charge is -2.16. The molecule has 8 heteroatoms. The molecule has 2 saturated heterocycles. The van der Waals surface area contributed by atoms with Crippen LogP contribution < -0.4 is 15.5 Å². The number of anilines is 1. The predicted molar refractivity (Wildman–Crippen MR) is 131 cm³/mol. The fourth-order valence-corrected chi connectivity index (χ4v) is 3.56. The van der Waals surface area contributed by atoms with Gasteiger partial charge in [-0.05, 0) is 43.9 Å². The Morgan fingerprint density at radius 3 is 2.80 bits per heavy atom. The summed E-state index contributed by atoms with van der Waals surface area (Å²) in [6.45, 7) is 8.38. The summed E-state index contributed by atoms with van der Waals surface area (Å²) in [5.74, 6) is 1.60. The molecule has 0 saturated carbocycles. The number of nitrogens with zero attached hydrogens (tertiary/aromatic N) is 2. The van der Waals surface area contributed by atoms with E-state index >= 15 is 0 Å². The highest BCUT2D eigenvalue weighted by molar-refractivity contribution is 14.0. The first-order chi connectivity index (χ1) is 14.3. The maximum absolute atomic E-state index is 11.9. The molecule has 1 amide bonds. The molecule has 2 aliphatic rings. The van der Waals surface area contributed by atoms with Crippen LogP contribution in [0.3, 0.4) is 0 Å². The van der Waals surface area contributed by atoms with Gasteiger partial charge in [-0.3, -0.25) is 4.79 Å². The number of guanidine groups is 1. The molecule has 168 valence electrons. The normalized spacial score (nSPS) is 19.1. The van der Waals surface area contributed by atoms with Crippen LogP contribution in [-0.2, 0) is 20.8 Å². The fraction of sp³-hybridized carbons (Fsp3) is 0.636. The second-order valence-corrected chi connectivity index (χ2v) is 7.60. The van der Waals surface area contributed by atoms with E-state index in [9.17, 15) is 4.79 Å². The number of halogens is 1. The quantitative estimate of drug-likeness (QED) is 0.211. The summed E-state index contributed by atoms with van der Waals surface area (Å²) in [7, 11) is 0. The van der Waals surface area contributed by atoms with E-state index in [1.165, 1.54) is 0 Å². The Labute approximate surface area is 197 Å². The van der Waals surface area contributed by atoms with Gasteiger partial charge in [0.15, 0.2) is 5.96 Å². The zero-order chi connectivity index (χ0) is 20.3. The molecule has 2 heterocycles. The van der Waals surface area contributed by atoms with Crippen LogP contribution in [0.2, 0.25) is 0 Å². The van der Waals surface area contributed by atoms with Gasteiger partial charge in [0.2, 0.25) is 5.91 Å². The van der Waals surface area contributed by atoms with Crippen LogP contribution in [0.5, 0.6) is 0 Å². The topological polar surface area (TPSA) is 75.2 Å². The summed E-state index contributed by atoms with van der Waals surface area (Å²) < 4.78 is 11.1.